The first kappa shape index (κ1) is 12.4. The molecule has 5 fully saturated rings. The fourth-order valence-corrected chi connectivity index (χ4v) is 6.55. The zero-order valence-corrected chi connectivity index (χ0v) is 12.8. The molecule has 4 bridgehead atoms. The van der Waals surface area contributed by atoms with Crippen LogP contribution in [0.3, 0.4) is 0 Å². The Kier molecular flexibility index (Phi) is 1.74. The van der Waals surface area contributed by atoms with E-state index in [-0.39, 0.29) is 47.1 Å². The molecule has 4 heterocycles. The van der Waals surface area contributed by atoms with Gasteiger partial charge in [-0.15, -0.1) is 0 Å². The van der Waals surface area contributed by atoms with Gasteiger partial charge < -0.3 is 9.47 Å². The summed E-state index contributed by atoms with van der Waals surface area (Å²) in [6.07, 6.45) is 5.01. The first-order valence-corrected chi connectivity index (χ1v) is 8.67. The van der Waals surface area contributed by atoms with Gasteiger partial charge in [0.2, 0.25) is 11.8 Å². The number of rotatable bonds is 1. The van der Waals surface area contributed by atoms with E-state index in [2.05, 4.69) is 12.2 Å². The Morgan fingerprint density at radius 1 is 0.917 bits per heavy atom. The molecule has 4 unspecified atom stereocenters. The third kappa shape index (κ3) is 0.935. The van der Waals surface area contributed by atoms with Crippen LogP contribution >= 0.6 is 0 Å². The number of fused-ring (bicyclic) bond motifs is 7. The van der Waals surface area contributed by atoms with E-state index >= 15 is 0 Å². The predicted molar refractivity (Wildman–Crippen MR) is 81.9 cm³/mol. The lowest BCUT2D eigenvalue weighted by atomic mass is 9.65. The van der Waals surface area contributed by atoms with Crippen LogP contribution in [0, 0.1) is 23.7 Å². The summed E-state index contributed by atoms with van der Waals surface area (Å²) in [7, 11) is 0. The number of benzene rings is 1. The van der Waals surface area contributed by atoms with Crippen molar-refractivity contribution in [2.75, 3.05) is 4.90 Å². The second-order valence-corrected chi connectivity index (χ2v) is 7.90. The van der Waals surface area contributed by atoms with Crippen molar-refractivity contribution in [3.63, 3.8) is 0 Å². The topological polar surface area (TPSA) is 59.1 Å². The lowest BCUT2D eigenvalue weighted by molar-refractivity contribution is -0.129. The molecule has 2 amide bonds. The maximum atomic E-state index is 13.1. The van der Waals surface area contributed by atoms with Crippen molar-refractivity contribution in [1.29, 1.82) is 0 Å². The van der Waals surface area contributed by atoms with E-state index in [1.54, 1.807) is 0 Å². The van der Waals surface area contributed by atoms with Crippen LogP contribution in [-0.4, -0.2) is 35.2 Å². The highest BCUT2D eigenvalue weighted by atomic mass is 16.7. The summed E-state index contributed by atoms with van der Waals surface area (Å²) in [6.45, 7) is 0. The number of epoxide rings is 1. The van der Waals surface area contributed by atoms with E-state index in [4.69, 9.17) is 9.47 Å². The molecule has 8 atom stereocenters. The smallest absolute Gasteiger partial charge is 0.240 e. The number of nitrogens with zero attached hydrogens (tertiary/aromatic N) is 1. The Morgan fingerprint density at radius 2 is 1.50 bits per heavy atom. The molecule has 1 aromatic carbocycles. The van der Waals surface area contributed by atoms with E-state index in [1.807, 2.05) is 30.3 Å². The summed E-state index contributed by atoms with van der Waals surface area (Å²) in [5, 5.41) is 0. The number of carbonyl (C=O) groups is 2. The van der Waals surface area contributed by atoms with Crippen LogP contribution in [0.2, 0.25) is 0 Å². The molecule has 6 aliphatic rings. The molecule has 5 nitrogen and oxygen atoms in total. The van der Waals surface area contributed by atoms with Gasteiger partial charge in [-0.1, -0.05) is 30.4 Å². The number of carbonyl (C=O) groups excluding carboxylic acids is 2. The number of anilines is 1. The van der Waals surface area contributed by atoms with Gasteiger partial charge in [-0.25, -0.2) is 4.90 Å². The van der Waals surface area contributed by atoms with E-state index < -0.39 is 0 Å². The van der Waals surface area contributed by atoms with Crippen molar-refractivity contribution in [1.82, 2.24) is 0 Å². The van der Waals surface area contributed by atoms with Gasteiger partial charge in [0.25, 0.3) is 0 Å². The van der Waals surface area contributed by atoms with Gasteiger partial charge in [0.1, 0.15) is 23.4 Å². The molecule has 120 valence electrons. The quantitative estimate of drug-likeness (QED) is 0.444. The maximum absolute atomic E-state index is 13.1. The average Bonchev–Trinajstić information content (AvgIpc) is 3.05. The normalized spacial score (nSPS) is 54.4. The standard InChI is InChI=1S/C19H15NO4/c21-16-12-13(17(22)20(16)11-4-2-1-3-5-11)15-19-10-7-6-9(8-10)18(19,24-19)14(12)23-15/h1-7,9-10,12-15H,8H2/t9?,10?,12-,13+,14-,15+,18?,19?. The molecular formula is C19H15NO4. The van der Waals surface area contributed by atoms with Crippen molar-refractivity contribution in [3.05, 3.63) is 42.5 Å². The molecule has 0 radical (unpaired) electrons. The molecule has 2 aliphatic carbocycles. The minimum Gasteiger partial charge on any atom is -0.367 e. The van der Waals surface area contributed by atoms with Crippen LogP contribution in [0.15, 0.2) is 42.5 Å². The predicted octanol–water partition coefficient (Wildman–Crippen LogP) is 1.29. The first-order valence-electron chi connectivity index (χ1n) is 8.67. The number of hydrogen-bond donors (Lipinski definition) is 0. The Labute approximate surface area is 138 Å². The van der Waals surface area contributed by atoms with E-state index in [0.717, 1.165) is 6.42 Å². The number of ether oxygens (including phenoxy) is 2. The van der Waals surface area contributed by atoms with Gasteiger partial charge in [0.15, 0.2) is 0 Å². The molecule has 0 N–H and O–H groups in total. The molecule has 4 aliphatic heterocycles. The van der Waals surface area contributed by atoms with E-state index in [9.17, 15) is 9.59 Å². The molecular weight excluding hydrogens is 306 g/mol. The Morgan fingerprint density at radius 3 is 2.08 bits per heavy atom. The second kappa shape index (κ2) is 3.37. The summed E-state index contributed by atoms with van der Waals surface area (Å²) < 4.78 is 12.5. The fraction of sp³-hybridized carbons (Fsp3) is 0.474. The number of amides is 2. The number of imide groups is 1. The maximum Gasteiger partial charge on any atom is 0.240 e. The van der Waals surface area contributed by atoms with Crippen molar-refractivity contribution in [3.8, 4) is 0 Å². The van der Waals surface area contributed by atoms with E-state index in [1.165, 1.54) is 4.90 Å². The van der Waals surface area contributed by atoms with Crippen LogP contribution in [0.4, 0.5) is 5.69 Å². The van der Waals surface area contributed by atoms with Crippen molar-refractivity contribution in [2.45, 2.75) is 29.8 Å². The average molecular weight is 321 g/mol. The fourth-order valence-electron chi connectivity index (χ4n) is 6.55. The zero-order chi connectivity index (χ0) is 15.8. The Hall–Kier alpha value is -1.98. The summed E-state index contributed by atoms with van der Waals surface area (Å²) >= 11 is 0. The summed E-state index contributed by atoms with van der Waals surface area (Å²) in [6, 6.07) is 9.23. The number of hydrogen-bond acceptors (Lipinski definition) is 4. The third-order valence-corrected chi connectivity index (χ3v) is 7.30. The molecule has 0 aromatic heterocycles. The van der Waals surface area contributed by atoms with Gasteiger partial charge >= 0.3 is 0 Å². The molecule has 7 rings (SSSR count). The zero-order valence-electron chi connectivity index (χ0n) is 12.8. The van der Waals surface area contributed by atoms with Gasteiger partial charge in [-0.3, -0.25) is 9.59 Å². The van der Waals surface area contributed by atoms with Crippen LogP contribution in [-0.2, 0) is 19.1 Å². The van der Waals surface area contributed by atoms with Crippen LogP contribution < -0.4 is 4.90 Å². The highest BCUT2D eigenvalue weighted by molar-refractivity contribution is 6.23. The van der Waals surface area contributed by atoms with Gasteiger partial charge in [-0.2, -0.15) is 0 Å². The SMILES string of the molecule is O=C1[C@@H]2[C@H](C(=O)N1c1ccccc1)[C@@H]1O[C@H]2C23OC12C1C=CC3C1. The van der Waals surface area contributed by atoms with Crippen molar-refractivity contribution >= 4 is 17.5 Å². The van der Waals surface area contributed by atoms with Gasteiger partial charge in [0.05, 0.1) is 17.5 Å². The minimum atomic E-state index is -0.383. The summed E-state index contributed by atoms with van der Waals surface area (Å²) in [5.74, 6) is -0.320. The van der Waals surface area contributed by atoms with Crippen LogP contribution in [0.1, 0.15) is 6.42 Å². The van der Waals surface area contributed by atoms with Crippen LogP contribution in [0.5, 0.6) is 0 Å². The number of para-hydroxylation sites is 1. The van der Waals surface area contributed by atoms with Crippen LogP contribution in [0.25, 0.3) is 0 Å². The van der Waals surface area contributed by atoms with E-state index in [0.29, 0.717) is 17.5 Å². The highest BCUT2D eigenvalue weighted by Gasteiger charge is 2.96. The first-order chi connectivity index (χ1) is 11.7. The van der Waals surface area contributed by atoms with Gasteiger partial charge in [-0.05, 0) is 18.6 Å². The summed E-state index contributed by atoms with van der Waals surface area (Å²) in [4.78, 5) is 27.6. The Balaban J connectivity index is 1.37. The molecule has 1 aromatic rings. The minimum absolute atomic E-state index is 0.117. The lowest BCUT2D eigenvalue weighted by Crippen LogP contribution is -2.49. The largest absolute Gasteiger partial charge is 0.367 e. The molecule has 5 heteroatoms. The second-order valence-electron chi connectivity index (χ2n) is 7.90. The highest BCUT2D eigenvalue weighted by Crippen LogP contribution is 2.81. The lowest BCUT2D eigenvalue weighted by Gasteiger charge is -2.27. The van der Waals surface area contributed by atoms with Gasteiger partial charge in [0, 0.05) is 11.8 Å². The Bertz CT molecular complexity index is 817. The molecule has 24 heavy (non-hydrogen) atoms. The van der Waals surface area contributed by atoms with Crippen molar-refractivity contribution < 1.29 is 19.1 Å². The third-order valence-electron chi connectivity index (χ3n) is 7.30. The molecule has 1 saturated carbocycles. The summed E-state index contributed by atoms with van der Waals surface area (Å²) in [5.41, 5.74) is -0.000879. The molecule has 0 spiro atoms. The molecule has 4 saturated heterocycles. The monoisotopic (exact) mass is 321 g/mol. The van der Waals surface area contributed by atoms with Crippen molar-refractivity contribution in [2.24, 2.45) is 23.7 Å².